The zero-order valence-electron chi connectivity index (χ0n) is 11.0. The van der Waals surface area contributed by atoms with Crippen molar-refractivity contribution in [2.24, 2.45) is 11.7 Å². The van der Waals surface area contributed by atoms with Crippen molar-refractivity contribution in [1.82, 2.24) is 5.32 Å². The van der Waals surface area contributed by atoms with E-state index in [1.807, 2.05) is 0 Å². The molecule has 0 fully saturated rings. The van der Waals surface area contributed by atoms with Gasteiger partial charge in [0.2, 0.25) is 0 Å². The molecule has 20 heavy (non-hydrogen) atoms. The first-order chi connectivity index (χ1) is 9.41. The lowest BCUT2D eigenvalue weighted by Crippen LogP contribution is -2.34. The van der Waals surface area contributed by atoms with Gasteiger partial charge < -0.3 is 20.9 Å². The topological polar surface area (TPSA) is 119 Å². The quantitative estimate of drug-likeness (QED) is 0.649. The van der Waals surface area contributed by atoms with E-state index >= 15 is 0 Å². The van der Waals surface area contributed by atoms with Crippen LogP contribution in [-0.4, -0.2) is 36.0 Å². The van der Waals surface area contributed by atoms with Crippen LogP contribution in [0.1, 0.15) is 17.3 Å². The average Bonchev–Trinajstić information content (AvgIpc) is 2.42. The fourth-order valence-corrected chi connectivity index (χ4v) is 1.34. The average molecular weight is 280 g/mol. The maximum Gasteiger partial charge on any atom is 0.308 e. The second kappa shape index (κ2) is 7.13. The molecule has 0 aliphatic carbocycles. The molecule has 0 radical (unpaired) electrons. The Morgan fingerprint density at radius 1 is 1.35 bits per heavy atom. The number of rotatable bonds is 7. The number of benzene rings is 1. The number of nitrogens with one attached hydrogen (secondary N) is 1. The highest BCUT2D eigenvalue weighted by Crippen LogP contribution is 2.16. The summed E-state index contributed by atoms with van der Waals surface area (Å²) in [7, 11) is 0. The molecule has 4 N–H and O–H groups in total. The van der Waals surface area contributed by atoms with E-state index in [0.717, 1.165) is 0 Å². The molecule has 0 aliphatic rings. The van der Waals surface area contributed by atoms with Crippen LogP contribution in [0.15, 0.2) is 24.3 Å². The Kier molecular flexibility index (Phi) is 5.52. The molecule has 0 heterocycles. The number of carboxylic acids is 1. The monoisotopic (exact) mass is 280 g/mol. The molecule has 1 aromatic rings. The normalized spacial score (nSPS) is 11.4. The maximum absolute atomic E-state index is 11.5. The van der Waals surface area contributed by atoms with Crippen LogP contribution >= 0.6 is 0 Å². The number of ether oxygens (including phenoxy) is 1. The molecule has 0 saturated carbocycles. The summed E-state index contributed by atoms with van der Waals surface area (Å²) >= 11 is 0. The summed E-state index contributed by atoms with van der Waals surface area (Å²) in [5, 5.41) is 11.1. The van der Waals surface area contributed by atoms with Gasteiger partial charge in [-0.3, -0.25) is 14.4 Å². The molecule has 1 atom stereocenters. The lowest BCUT2D eigenvalue weighted by atomic mass is 10.2. The van der Waals surface area contributed by atoms with Gasteiger partial charge in [0.25, 0.3) is 11.8 Å². The fraction of sp³-hybridized carbons (Fsp3) is 0.308. The molecule has 0 aliphatic heterocycles. The molecule has 0 aromatic heterocycles. The van der Waals surface area contributed by atoms with E-state index in [1.54, 1.807) is 12.1 Å². The van der Waals surface area contributed by atoms with Crippen LogP contribution in [-0.2, 0) is 9.59 Å². The molecule has 1 aromatic carbocycles. The summed E-state index contributed by atoms with van der Waals surface area (Å²) in [5.74, 6) is -2.60. The van der Waals surface area contributed by atoms with E-state index in [1.165, 1.54) is 19.1 Å². The Balaban J connectivity index is 2.49. The first-order valence-electron chi connectivity index (χ1n) is 5.93. The molecule has 0 bridgehead atoms. The Morgan fingerprint density at radius 3 is 2.60 bits per heavy atom. The fourth-order valence-electron chi connectivity index (χ4n) is 1.34. The Bertz CT molecular complexity index is 515. The third-order valence-corrected chi connectivity index (χ3v) is 2.54. The van der Waals surface area contributed by atoms with Crippen LogP contribution in [0.2, 0.25) is 0 Å². The number of carboxylic acid groups (broad SMARTS) is 1. The minimum atomic E-state index is -0.995. The largest absolute Gasteiger partial charge is 0.483 e. The van der Waals surface area contributed by atoms with Gasteiger partial charge in [0.05, 0.1) is 11.5 Å². The Labute approximate surface area is 115 Å². The van der Waals surface area contributed by atoms with Gasteiger partial charge in [0, 0.05) is 6.54 Å². The zero-order chi connectivity index (χ0) is 15.1. The van der Waals surface area contributed by atoms with Gasteiger partial charge in [-0.05, 0) is 12.1 Å². The number of carbonyl (C=O) groups is 3. The van der Waals surface area contributed by atoms with Crippen LogP contribution in [0.3, 0.4) is 0 Å². The molecule has 108 valence electrons. The summed E-state index contributed by atoms with van der Waals surface area (Å²) in [4.78, 5) is 33.2. The van der Waals surface area contributed by atoms with E-state index in [4.69, 9.17) is 15.6 Å². The van der Waals surface area contributed by atoms with Gasteiger partial charge in [0.15, 0.2) is 6.61 Å². The van der Waals surface area contributed by atoms with E-state index in [9.17, 15) is 14.4 Å². The summed E-state index contributed by atoms with van der Waals surface area (Å²) in [6, 6.07) is 6.28. The molecular formula is C13H16N2O5. The number of nitrogens with two attached hydrogens (primary N) is 1. The number of para-hydroxylation sites is 1. The van der Waals surface area contributed by atoms with Crippen LogP contribution < -0.4 is 15.8 Å². The second-order valence-corrected chi connectivity index (χ2v) is 4.19. The van der Waals surface area contributed by atoms with Crippen LogP contribution in [0.4, 0.5) is 0 Å². The first kappa shape index (κ1) is 15.5. The molecule has 0 saturated heterocycles. The van der Waals surface area contributed by atoms with Crippen molar-refractivity contribution in [2.75, 3.05) is 13.2 Å². The van der Waals surface area contributed by atoms with Gasteiger partial charge in [0.1, 0.15) is 5.75 Å². The molecule has 2 amide bonds. The van der Waals surface area contributed by atoms with E-state index in [-0.39, 0.29) is 24.5 Å². The minimum Gasteiger partial charge on any atom is -0.483 e. The van der Waals surface area contributed by atoms with E-state index in [0.29, 0.717) is 0 Å². The third kappa shape index (κ3) is 4.60. The standard InChI is InChI=1S/C13H16N2O5/c1-8(13(18)19)6-15-11(16)7-20-10-5-3-2-4-9(10)12(14)17/h2-5,8H,6-7H2,1H3,(H2,14,17)(H,15,16)(H,18,19). The second-order valence-electron chi connectivity index (χ2n) is 4.19. The number of amides is 2. The zero-order valence-corrected chi connectivity index (χ0v) is 11.0. The van der Waals surface area contributed by atoms with Crippen molar-refractivity contribution in [2.45, 2.75) is 6.92 Å². The molecule has 0 spiro atoms. The SMILES string of the molecule is CC(CNC(=O)COc1ccccc1C(N)=O)C(=O)O. The van der Waals surface area contributed by atoms with Crippen molar-refractivity contribution < 1.29 is 24.2 Å². The first-order valence-corrected chi connectivity index (χ1v) is 5.93. The molecule has 7 nitrogen and oxygen atoms in total. The van der Waals surface area contributed by atoms with Crippen molar-refractivity contribution in [3.05, 3.63) is 29.8 Å². The number of hydrogen-bond acceptors (Lipinski definition) is 4. The number of primary amides is 1. The van der Waals surface area contributed by atoms with Gasteiger partial charge in [-0.15, -0.1) is 0 Å². The predicted molar refractivity (Wildman–Crippen MR) is 70.3 cm³/mol. The highest BCUT2D eigenvalue weighted by molar-refractivity contribution is 5.95. The predicted octanol–water partition coefficient (Wildman–Crippen LogP) is 0.00120. The van der Waals surface area contributed by atoms with Gasteiger partial charge in [-0.1, -0.05) is 19.1 Å². The summed E-state index contributed by atoms with van der Waals surface area (Å²) < 4.78 is 5.19. The molecular weight excluding hydrogens is 264 g/mol. The van der Waals surface area contributed by atoms with Crippen LogP contribution in [0, 0.1) is 5.92 Å². The Hall–Kier alpha value is -2.57. The minimum absolute atomic E-state index is 0.00892. The summed E-state index contributed by atoms with van der Waals surface area (Å²) in [6.07, 6.45) is 0. The third-order valence-electron chi connectivity index (χ3n) is 2.54. The molecule has 1 unspecified atom stereocenters. The lowest BCUT2D eigenvalue weighted by Gasteiger charge is -2.11. The highest BCUT2D eigenvalue weighted by atomic mass is 16.5. The van der Waals surface area contributed by atoms with Crippen molar-refractivity contribution >= 4 is 17.8 Å². The van der Waals surface area contributed by atoms with E-state index < -0.39 is 23.7 Å². The lowest BCUT2D eigenvalue weighted by molar-refractivity contribution is -0.141. The number of hydrogen-bond donors (Lipinski definition) is 3. The van der Waals surface area contributed by atoms with Gasteiger partial charge >= 0.3 is 5.97 Å². The van der Waals surface area contributed by atoms with Crippen LogP contribution in [0.25, 0.3) is 0 Å². The Morgan fingerprint density at radius 2 is 2.00 bits per heavy atom. The van der Waals surface area contributed by atoms with Gasteiger partial charge in [-0.2, -0.15) is 0 Å². The summed E-state index contributed by atoms with van der Waals surface area (Å²) in [6.45, 7) is 1.16. The van der Waals surface area contributed by atoms with Crippen molar-refractivity contribution in [3.63, 3.8) is 0 Å². The maximum atomic E-state index is 11.5. The van der Waals surface area contributed by atoms with Crippen molar-refractivity contribution in [3.8, 4) is 5.75 Å². The van der Waals surface area contributed by atoms with Crippen LogP contribution in [0.5, 0.6) is 5.75 Å². The summed E-state index contributed by atoms with van der Waals surface area (Å²) in [5.41, 5.74) is 5.35. The van der Waals surface area contributed by atoms with E-state index in [2.05, 4.69) is 5.32 Å². The van der Waals surface area contributed by atoms with Crippen molar-refractivity contribution in [1.29, 1.82) is 0 Å². The van der Waals surface area contributed by atoms with Gasteiger partial charge in [-0.25, -0.2) is 0 Å². The smallest absolute Gasteiger partial charge is 0.308 e. The molecule has 7 heteroatoms. The number of aliphatic carboxylic acids is 1. The highest BCUT2D eigenvalue weighted by Gasteiger charge is 2.13. The molecule has 1 rings (SSSR count). The number of carbonyl (C=O) groups excluding carboxylic acids is 2.